The van der Waals surface area contributed by atoms with Crippen LogP contribution in [0.15, 0.2) is 6.33 Å². The summed E-state index contributed by atoms with van der Waals surface area (Å²) < 4.78 is 2.05. The highest BCUT2D eigenvalue weighted by Gasteiger charge is 2.22. The Morgan fingerprint density at radius 2 is 2.30 bits per heavy atom. The van der Waals surface area contributed by atoms with Gasteiger partial charge >= 0.3 is 0 Å². The van der Waals surface area contributed by atoms with Gasteiger partial charge in [-0.2, -0.15) is 5.10 Å². The van der Waals surface area contributed by atoms with Crippen LogP contribution in [-0.4, -0.2) is 45.3 Å². The van der Waals surface area contributed by atoms with E-state index in [0.717, 1.165) is 50.9 Å². The third-order valence-electron chi connectivity index (χ3n) is 4.34. The van der Waals surface area contributed by atoms with E-state index in [0.29, 0.717) is 6.04 Å². The van der Waals surface area contributed by atoms with Gasteiger partial charge < -0.3 is 5.32 Å². The molecular weight excluding hydrogens is 250 g/mol. The van der Waals surface area contributed by atoms with Crippen LogP contribution in [0.25, 0.3) is 0 Å². The molecule has 114 valence electrons. The van der Waals surface area contributed by atoms with E-state index in [1.807, 2.05) is 0 Å². The van der Waals surface area contributed by atoms with E-state index in [1.54, 1.807) is 6.33 Å². The molecule has 2 heterocycles. The van der Waals surface area contributed by atoms with Gasteiger partial charge in [0.25, 0.3) is 0 Å². The number of aryl methyl sites for hydroxylation is 1. The lowest BCUT2D eigenvalue weighted by molar-refractivity contribution is 0.223. The lowest BCUT2D eigenvalue weighted by atomic mass is 9.99. The first-order valence-corrected chi connectivity index (χ1v) is 8.07. The molecule has 0 saturated carbocycles. The lowest BCUT2D eigenvalue weighted by Crippen LogP contribution is -2.42. The Bertz CT molecular complexity index is 389. The molecule has 1 N–H and O–H groups in total. The van der Waals surface area contributed by atoms with Crippen LogP contribution in [0.3, 0.4) is 0 Å². The molecule has 2 rings (SSSR count). The van der Waals surface area contributed by atoms with Crippen LogP contribution in [0.2, 0.25) is 0 Å². The summed E-state index contributed by atoms with van der Waals surface area (Å²) in [6.45, 7) is 12.1. The molecule has 2 unspecified atom stereocenters. The van der Waals surface area contributed by atoms with Gasteiger partial charge in [0.1, 0.15) is 12.2 Å². The van der Waals surface area contributed by atoms with Crippen LogP contribution < -0.4 is 5.32 Å². The fourth-order valence-corrected chi connectivity index (χ4v) is 2.84. The molecule has 0 spiro atoms. The van der Waals surface area contributed by atoms with E-state index in [1.165, 1.54) is 12.8 Å². The Labute approximate surface area is 122 Å². The van der Waals surface area contributed by atoms with Crippen molar-refractivity contribution in [1.82, 2.24) is 25.0 Å². The molecule has 1 fully saturated rings. The van der Waals surface area contributed by atoms with Crippen LogP contribution in [0.1, 0.15) is 45.9 Å². The zero-order chi connectivity index (χ0) is 14.4. The summed E-state index contributed by atoms with van der Waals surface area (Å²) in [6.07, 6.45) is 5.24. The van der Waals surface area contributed by atoms with Crippen LogP contribution in [0.4, 0.5) is 0 Å². The number of nitrogens with zero attached hydrogens (tertiary/aromatic N) is 4. The fraction of sp³-hybridized carbons (Fsp3) is 0.867. The van der Waals surface area contributed by atoms with Gasteiger partial charge in [-0.3, -0.25) is 4.90 Å². The molecule has 20 heavy (non-hydrogen) atoms. The highest BCUT2D eigenvalue weighted by Crippen LogP contribution is 2.14. The first kappa shape index (κ1) is 15.4. The number of hydrogen-bond donors (Lipinski definition) is 1. The zero-order valence-corrected chi connectivity index (χ0v) is 13.2. The van der Waals surface area contributed by atoms with Crippen LogP contribution in [0.5, 0.6) is 0 Å². The number of aromatic nitrogens is 3. The van der Waals surface area contributed by atoms with Crippen molar-refractivity contribution in [3.05, 3.63) is 12.2 Å². The van der Waals surface area contributed by atoms with E-state index in [2.05, 4.69) is 45.8 Å². The van der Waals surface area contributed by atoms with Crippen LogP contribution in [-0.2, 0) is 13.1 Å². The molecular formula is C15H29N5. The molecule has 1 aliphatic rings. The summed E-state index contributed by atoms with van der Waals surface area (Å²) >= 11 is 0. The van der Waals surface area contributed by atoms with Crippen LogP contribution in [0, 0.1) is 5.92 Å². The zero-order valence-electron chi connectivity index (χ0n) is 13.2. The summed E-state index contributed by atoms with van der Waals surface area (Å²) in [5.74, 6) is 1.83. The summed E-state index contributed by atoms with van der Waals surface area (Å²) in [7, 11) is 0. The Morgan fingerprint density at radius 3 is 3.05 bits per heavy atom. The highest BCUT2D eigenvalue weighted by molar-refractivity contribution is 4.88. The Kier molecular flexibility index (Phi) is 5.98. The maximum absolute atomic E-state index is 4.44. The molecule has 0 aliphatic carbocycles. The molecule has 0 amide bonds. The number of rotatable bonds is 6. The quantitative estimate of drug-likeness (QED) is 0.864. The average molecular weight is 279 g/mol. The third kappa shape index (κ3) is 4.03. The molecule has 2 atom stereocenters. The Hall–Kier alpha value is -0.940. The van der Waals surface area contributed by atoms with Crippen molar-refractivity contribution >= 4 is 0 Å². The molecule has 0 bridgehead atoms. The first-order valence-electron chi connectivity index (χ1n) is 8.07. The third-order valence-corrected chi connectivity index (χ3v) is 4.34. The minimum atomic E-state index is 0.602. The molecule has 1 aromatic heterocycles. The van der Waals surface area contributed by atoms with Crippen molar-refractivity contribution in [2.75, 3.05) is 19.6 Å². The molecule has 0 aromatic carbocycles. The number of hydrogen-bond acceptors (Lipinski definition) is 4. The van der Waals surface area contributed by atoms with E-state index in [9.17, 15) is 0 Å². The van der Waals surface area contributed by atoms with Crippen molar-refractivity contribution in [2.45, 2.75) is 59.2 Å². The Balaban J connectivity index is 1.98. The number of nitrogens with one attached hydrogen (secondary N) is 1. The molecule has 1 saturated heterocycles. The van der Waals surface area contributed by atoms with Crippen molar-refractivity contribution in [2.24, 2.45) is 5.92 Å². The minimum absolute atomic E-state index is 0.602. The minimum Gasteiger partial charge on any atom is -0.312 e. The SMILES string of the molecule is CCCn1ncnc1CN1CCCNC(C(C)CC)C1. The van der Waals surface area contributed by atoms with Gasteiger partial charge in [0, 0.05) is 19.1 Å². The van der Waals surface area contributed by atoms with Crippen molar-refractivity contribution in [3.63, 3.8) is 0 Å². The molecule has 5 heteroatoms. The van der Waals surface area contributed by atoms with Gasteiger partial charge in [0.15, 0.2) is 0 Å². The molecule has 5 nitrogen and oxygen atoms in total. The first-order chi connectivity index (χ1) is 9.74. The maximum Gasteiger partial charge on any atom is 0.141 e. The van der Waals surface area contributed by atoms with Crippen molar-refractivity contribution in [1.29, 1.82) is 0 Å². The second kappa shape index (κ2) is 7.74. The summed E-state index contributed by atoms with van der Waals surface area (Å²) in [5.41, 5.74) is 0. The van der Waals surface area contributed by atoms with Gasteiger partial charge in [-0.25, -0.2) is 9.67 Å². The second-order valence-electron chi connectivity index (χ2n) is 5.93. The monoisotopic (exact) mass is 279 g/mol. The van der Waals surface area contributed by atoms with Crippen molar-refractivity contribution < 1.29 is 0 Å². The van der Waals surface area contributed by atoms with E-state index in [4.69, 9.17) is 0 Å². The van der Waals surface area contributed by atoms with E-state index < -0.39 is 0 Å². The summed E-state index contributed by atoms with van der Waals surface area (Å²) in [6, 6.07) is 0.602. The van der Waals surface area contributed by atoms with E-state index in [-0.39, 0.29) is 0 Å². The maximum atomic E-state index is 4.44. The van der Waals surface area contributed by atoms with E-state index >= 15 is 0 Å². The largest absolute Gasteiger partial charge is 0.312 e. The predicted molar refractivity (Wildman–Crippen MR) is 81.5 cm³/mol. The summed E-state index contributed by atoms with van der Waals surface area (Å²) in [4.78, 5) is 6.97. The highest BCUT2D eigenvalue weighted by atomic mass is 15.3. The second-order valence-corrected chi connectivity index (χ2v) is 5.93. The topological polar surface area (TPSA) is 46.0 Å². The predicted octanol–water partition coefficient (Wildman–Crippen LogP) is 1.90. The molecule has 0 radical (unpaired) electrons. The average Bonchev–Trinajstić information content (AvgIpc) is 2.74. The summed E-state index contributed by atoms with van der Waals surface area (Å²) in [5, 5.41) is 8.03. The van der Waals surface area contributed by atoms with Gasteiger partial charge in [-0.1, -0.05) is 27.2 Å². The standard InChI is InChI=1S/C15H29N5/c1-4-8-20-15(17-12-18-20)11-19-9-6-7-16-14(10-19)13(3)5-2/h12-14,16H,4-11H2,1-3H3. The van der Waals surface area contributed by atoms with Crippen LogP contribution >= 0.6 is 0 Å². The fourth-order valence-electron chi connectivity index (χ4n) is 2.84. The van der Waals surface area contributed by atoms with Gasteiger partial charge in [0.05, 0.1) is 6.54 Å². The molecule has 1 aliphatic heterocycles. The smallest absolute Gasteiger partial charge is 0.141 e. The Morgan fingerprint density at radius 1 is 1.45 bits per heavy atom. The lowest BCUT2D eigenvalue weighted by Gasteiger charge is -2.27. The van der Waals surface area contributed by atoms with Gasteiger partial charge in [-0.05, 0) is 31.8 Å². The normalized spacial score (nSPS) is 22.6. The van der Waals surface area contributed by atoms with Gasteiger partial charge in [-0.15, -0.1) is 0 Å². The molecule has 1 aromatic rings. The van der Waals surface area contributed by atoms with Crippen molar-refractivity contribution in [3.8, 4) is 0 Å². The van der Waals surface area contributed by atoms with Gasteiger partial charge in [0.2, 0.25) is 0 Å².